The van der Waals surface area contributed by atoms with Crippen molar-refractivity contribution in [2.75, 3.05) is 0 Å². The lowest BCUT2D eigenvalue weighted by atomic mass is 9.70. The quantitative estimate of drug-likeness (QED) is 0.0436. The zero-order chi connectivity index (χ0) is 86.4. The Morgan fingerprint density at radius 2 is 0.422 bits per heavy atom. The maximum absolute atomic E-state index is 2.53. The van der Waals surface area contributed by atoms with E-state index in [2.05, 4.69) is 412 Å². The van der Waals surface area contributed by atoms with Crippen molar-refractivity contribution < 1.29 is 0 Å². The van der Waals surface area contributed by atoms with Crippen LogP contribution in [0, 0.1) is 27.7 Å². The van der Waals surface area contributed by atoms with Gasteiger partial charge in [0.1, 0.15) is 0 Å². The minimum Gasteiger partial charge on any atom is -0.309 e. The molecule has 2 aliphatic carbocycles. The van der Waals surface area contributed by atoms with Crippen molar-refractivity contribution in [3.05, 3.63) is 407 Å². The summed E-state index contributed by atoms with van der Waals surface area (Å²) in [6, 6.07) is 133. The lowest BCUT2D eigenvalue weighted by molar-refractivity contribution is 0.397. The molecule has 0 saturated heterocycles. The molecule has 0 atom stereocenters. The van der Waals surface area contributed by atoms with Crippen molar-refractivity contribution in [1.82, 2.24) is 18.3 Å². The molecular weight excluding hydrogens is 1550 g/mol. The third-order valence-electron chi connectivity index (χ3n) is 29.2. The van der Waals surface area contributed by atoms with Crippen LogP contribution in [0.1, 0.15) is 185 Å². The first kappa shape index (κ1) is 81.7. The number of hydrogen-bond donors (Lipinski definition) is 0. The van der Waals surface area contributed by atoms with Crippen molar-refractivity contribution in [2.45, 2.75) is 181 Å². The summed E-state index contributed by atoms with van der Waals surface area (Å²) >= 11 is 0. The average Bonchev–Trinajstić information content (AvgIpc) is 1.57. The highest BCUT2D eigenvalue weighted by Crippen LogP contribution is 2.57. The van der Waals surface area contributed by atoms with Crippen LogP contribution in [0.3, 0.4) is 0 Å². The number of para-hydroxylation sites is 6. The minimum atomic E-state index is -0.107. The summed E-state index contributed by atoms with van der Waals surface area (Å²) in [7, 11) is 0. The molecule has 0 unspecified atom stereocenters. The van der Waals surface area contributed by atoms with Gasteiger partial charge < -0.3 is 18.3 Å². The summed E-state index contributed by atoms with van der Waals surface area (Å²) in [5.74, 6) is 0. The lowest BCUT2D eigenvalue weighted by Crippen LogP contribution is -2.26. The van der Waals surface area contributed by atoms with Crippen LogP contribution in [0.15, 0.2) is 352 Å². The Morgan fingerprint density at radius 3 is 0.688 bits per heavy atom. The number of unbranched alkanes of at least 4 members (excludes halogenated alkanes) is 10. The first-order valence-corrected chi connectivity index (χ1v) is 47.9. The number of aromatic nitrogens is 4. The highest BCUT2D eigenvalue weighted by molar-refractivity contribution is 6.13. The van der Waals surface area contributed by atoms with E-state index in [-0.39, 0.29) is 10.8 Å². The second-order valence-electron chi connectivity index (χ2n) is 37.4. The molecule has 4 nitrogen and oxygen atoms in total. The first-order chi connectivity index (χ1) is 63.0. The fourth-order valence-corrected chi connectivity index (χ4v) is 22.9. The lowest BCUT2D eigenvalue weighted by Gasteiger charge is -2.33. The van der Waals surface area contributed by atoms with Gasteiger partial charge in [0.2, 0.25) is 0 Å². The van der Waals surface area contributed by atoms with E-state index in [9.17, 15) is 0 Å². The second-order valence-corrected chi connectivity index (χ2v) is 37.4. The zero-order valence-corrected chi connectivity index (χ0v) is 75.4. The van der Waals surface area contributed by atoms with E-state index in [1.165, 1.54) is 278 Å². The van der Waals surface area contributed by atoms with Crippen LogP contribution in [-0.4, -0.2) is 18.3 Å². The molecule has 128 heavy (non-hydrogen) atoms. The van der Waals surface area contributed by atoms with Crippen LogP contribution in [0.5, 0.6) is 0 Å². The van der Waals surface area contributed by atoms with Gasteiger partial charge in [0.15, 0.2) is 0 Å². The standard InChI is InChI=1S/C93H70N4.C31H46/c1-61-31-51-73-74-52-32-62(2)58-84(74)93(83(73)57-61,55-15-17-63-33-53-91-81(59-63)79-23-7-13-29-89(79)96(91)71-47-39-67(40-48-71)65-35-43-69(44-36-65)94-85-25-9-3-19-75(85)76-20-4-10-26-86(76)94)56-16-18-64-34-54-92-82(60-64)80-24-8-14-30-90(80)97(92)72-49-41-68(42-50-72)66-37-45-70(46-38-66)95-87-27-11-5-21-77(87)78-22-6-12-28-88(78)95;1-5-7-9-11-13-15-21-31(22-16-14-12-10-8-6-2)29-23-25(3)17-19-27(29)28-20-18-26(4)24-30(28)31/h3-14,19-54,57-60H,15-18,55-56H2,1-2H3;17-20,23-24H,5-16,21-22H2,1-4H3. The van der Waals surface area contributed by atoms with Crippen LogP contribution in [0.25, 0.3) is 154 Å². The third kappa shape index (κ3) is 15.0. The van der Waals surface area contributed by atoms with Crippen LogP contribution in [0.2, 0.25) is 0 Å². The average molecular weight is 1660 g/mol. The van der Waals surface area contributed by atoms with E-state index < -0.39 is 0 Å². The van der Waals surface area contributed by atoms with Gasteiger partial charge in [-0.3, -0.25) is 0 Å². The molecule has 22 rings (SSSR count). The Morgan fingerprint density at radius 1 is 0.195 bits per heavy atom. The zero-order valence-electron chi connectivity index (χ0n) is 75.4. The fourth-order valence-electron chi connectivity index (χ4n) is 22.9. The number of aryl methyl sites for hydroxylation is 6. The van der Waals surface area contributed by atoms with Crippen LogP contribution < -0.4 is 0 Å². The van der Waals surface area contributed by atoms with E-state index in [4.69, 9.17) is 0 Å². The number of nitrogens with zero attached hydrogens (tertiary/aromatic N) is 4. The van der Waals surface area contributed by atoms with Gasteiger partial charge in [-0.05, 0) is 266 Å². The molecule has 0 bridgehead atoms. The maximum atomic E-state index is 2.53. The van der Waals surface area contributed by atoms with E-state index in [1.54, 1.807) is 11.1 Å². The molecular formula is C124H116N4. The van der Waals surface area contributed by atoms with Gasteiger partial charge >= 0.3 is 0 Å². The largest absolute Gasteiger partial charge is 0.309 e. The minimum absolute atomic E-state index is 0.107. The maximum Gasteiger partial charge on any atom is 0.0541 e. The van der Waals surface area contributed by atoms with Gasteiger partial charge in [-0.15, -0.1) is 0 Å². The summed E-state index contributed by atoms with van der Waals surface area (Å²) < 4.78 is 9.68. The Labute approximate surface area is 755 Å². The summed E-state index contributed by atoms with van der Waals surface area (Å²) in [4.78, 5) is 0. The fraction of sp³-hybridized carbons (Fsp3) is 0.226. The normalized spacial score (nSPS) is 13.0. The van der Waals surface area contributed by atoms with Gasteiger partial charge in [0.25, 0.3) is 0 Å². The van der Waals surface area contributed by atoms with Crippen molar-refractivity contribution in [2.24, 2.45) is 0 Å². The molecule has 0 radical (unpaired) electrons. The third-order valence-corrected chi connectivity index (χ3v) is 29.2. The molecule has 20 aromatic rings. The smallest absolute Gasteiger partial charge is 0.0541 e. The van der Waals surface area contributed by atoms with Gasteiger partial charge in [0.05, 0.1) is 44.1 Å². The predicted octanol–water partition coefficient (Wildman–Crippen LogP) is 34.4. The predicted molar refractivity (Wildman–Crippen MR) is 547 cm³/mol. The number of benzene rings is 16. The summed E-state index contributed by atoms with van der Waals surface area (Å²) in [5.41, 5.74) is 39.8. The van der Waals surface area contributed by atoms with E-state index in [1.807, 2.05) is 0 Å². The summed E-state index contributed by atoms with van der Waals surface area (Å²) in [6.45, 7) is 13.7. The molecule has 0 aliphatic heterocycles. The molecule has 4 aromatic heterocycles. The van der Waals surface area contributed by atoms with Crippen molar-refractivity contribution >= 4 is 87.2 Å². The Bertz CT molecular complexity index is 6940. The Balaban J connectivity index is 0.000000272. The molecule has 0 amide bonds. The highest BCUT2D eigenvalue weighted by Gasteiger charge is 2.44. The molecule has 4 heterocycles. The highest BCUT2D eigenvalue weighted by atomic mass is 15.0. The first-order valence-electron chi connectivity index (χ1n) is 47.9. The number of fused-ring (bicyclic) bond motifs is 18. The van der Waals surface area contributed by atoms with Crippen molar-refractivity contribution in [3.63, 3.8) is 0 Å². The molecule has 16 aromatic carbocycles. The molecule has 632 valence electrons. The Hall–Kier alpha value is -13.3. The van der Waals surface area contributed by atoms with Gasteiger partial charge in [-0.2, -0.15) is 0 Å². The van der Waals surface area contributed by atoms with Crippen LogP contribution in [-0.2, 0) is 23.7 Å². The van der Waals surface area contributed by atoms with Gasteiger partial charge in [-0.1, -0.05) is 356 Å². The molecule has 0 spiro atoms. The molecule has 0 N–H and O–H groups in total. The molecule has 0 saturated carbocycles. The van der Waals surface area contributed by atoms with Gasteiger partial charge in [0, 0.05) is 76.7 Å². The molecule has 4 heteroatoms. The Kier molecular flexibility index (Phi) is 22.5. The number of rotatable bonds is 28. The van der Waals surface area contributed by atoms with E-state index in [0.29, 0.717) is 0 Å². The van der Waals surface area contributed by atoms with E-state index in [0.717, 1.165) is 49.9 Å². The molecule has 0 fully saturated rings. The second kappa shape index (κ2) is 35.2. The van der Waals surface area contributed by atoms with Crippen LogP contribution in [0.4, 0.5) is 0 Å². The SMILES string of the molecule is CCCCCCCCC1(CCCCCCCC)c2cc(C)ccc2-c2ccc(C)cc21.Cc1ccc2c(c1)C(CCCc1ccc3c(c1)c1ccccc1n3-c1ccc(-c3ccc(-n4c5ccccc5c5ccccc54)cc3)cc1)(CCCc1ccc3c(c1)c1ccccc1n3-c1ccc(-c3ccc(-n4c5ccccc5c5ccccc54)cc3)cc1)c1cc(C)ccc1-2. The van der Waals surface area contributed by atoms with Crippen molar-refractivity contribution in [3.8, 4) is 67.3 Å². The monoisotopic (exact) mass is 1660 g/mol. The van der Waals surface area contributed by atoms with Gasteiger partial charge in [-0.25, -0.2) is 0 Å². The summed E-state index contributed by atoms with van der Waals surface area (Å²) in [5, 5.41) is 10.3. The van der Waals surface area contributed by atoms with Crippen LogP contribution >= 0.6 is 0 Å². The van der Waals surface area contributed by atoms with Crippen molar-refractivity contribution in [1.29, 1.82) is 0 Å². The topological polar surface area (TPSA) is 19.7 Å². The van der Waals surface area contributed by atoms with E-state index >= 15 is 0 Å². The summed E-state index contributed by atoms with van der Waals surface area (Å²) in [6.07, 6.45) is 25.6. The molecule has 2 aliphatic rings. The number of hydrogen-bond acceptors (Lipinski definition) is 0.